The zero-order valence-electron chi connectivity index (χ0n) is 14.0. The second kappa shape index (κ2) is 9.11. The summed E-state index contributed by atoms with van der Waals surface area (Å²) in [5.41, 5.74) is 0.0160. The Kier molecular flexibility index (Phi) is 6.57. The summed E-state index contributed by atoms with van der Waals surface area (Å²) >= 11 is 11.9. The van der Waals surface area contributed by atoms with Crippen LogP contribution >= 0.6 is 23.2 Å². The smallest absolute Gasteiger partial charge is 0.164 e. The van der Waals surface area contributed by atoms with E-state index in [0.29, 0.717) is 15.5 Å². The minimum atomic E-state index is -1.60. The average Bonchev–Trinajstić information content (AvgIpc) is 2.69. The highest BCUT2D eigenvalue weighted by molar-refractivity contribution is 7.85. The van der Waals surface area contributed by atoms with Gasteiger partial charge in [0.05, 0.1) is 50.2 Å². The minimum absolute atomic E-state index is 0.0370. The van der Waals surface area contributed by atoms with Crippen molar-refractivity contribution in [3.05, 3.63) is 81.6 Å². The van der Waals surface area contributed by atoms with Crippen molar-refractivity contribution >= 4 is 39.7 Å². The van der Waals surface area contributed by atoms with Crippen molar-refractivity contribution in [2.45, 2.75) is 4.90 Å². The first-order valence-electron chi connectivity index (χ1n) is 7.79. The van der Waals surface area contributed by atoms with Crippen LogP contribution in [-0.4, -0.2) is 20.3 Å². The fourth-order valence-electron chi connectivity index (χ4n) is 2.18. The Bertz CT molecular complexity index is 1100. The van der Waals surface area contributed by atoms with Crippen LogP contribution in [0.5, 0.6) is 0 Å². The third kappa shape index (κ3) is 4.84. The molecular formula is C19H11Cl2F2N3OS. The molecule has 0 bridgehead atoms. The van der Waals surface area contributed by atoms with Gasteiger partial charge in [-0.2, -0.15) is 10.2 Å². The van der Waals surface area contributed by atoms with Crippen LogP contribution < -0.4 is 5.32 Å². The van der Waals surface area contributed by atoms with Crippen LogP contribution in [0, 0.1) is 23.5 Å². The van der Waals surface area contributed by atoms with E-state index in [2.05, 4.69) is 27.4 Å². The molecule has 0 aliphatic heterocycles. The lowest BCUT2D eigenvalue weighted by atomic mass is 10.1. The van der Waals surface area contributed by atoms with Crippen molar-refractivity contribution in [2.24, 2.45) is 0 Å². The topological polar surface area (TPSA) is 54.9 Å². The molecule has 9 heteroatoms. The van der Waals surface area contributed by atoms with E-state index in [1.807, 2.05) is 0 Å². The number of halogens is 4. The Hall–Kier alpha value is -2.53. The summed E-state index contributed by atoms with van der Waals surface area (Å²) in [5, 5.41) is 10.6. The van der Waals surface area contributed by atoms with Gasteiger partial charge in [0.15, 0.2) is 5.82 Å². The highest BCUT2D eigenvalue weighted by atomic mass is 35.5. The maximum Gasteiger partial charge on any atom is 0.164 e. The van der Waals surface area contributed by atoms with Crippen LogP contribution in [0.15, 0.2) is 53.7 Å². The number of aromatic nitrogens is 2. The predicted molar refractivity (Wildman–Crippen MR) is 106 cm³/mol. The summed E-state index contributed by atoms with van der Waals surface area (Å²) in [5.74, 6) is 3.23. The van der Waals surface area contributed by atoms with Crippen molar-refractivity contribution in [3.63, 3.8) is 0 Å². The lowest BCUT2D eigenvalue weighted by Gasteiger charge is -2.10. The molecule has 0 saturated heterocycles. The van der Waals surface area contributed by atoms with Crippen LogP contribution in [-0.2, 0) is 10.8 Å². The summed E-state index contributed by atoms with van der Waals surface area (Å²) in [7, 11) is -1.60. The zero-order valence-corrected chi connectivity index (χ0v) is 16.4. The van der Waals surface area contributed by atoms with Gasteiger partial charge in [0, 0.05) is 10.6 Å². The van der Waals surface area contributed by atoms with Crippen LogP contribution in [0.4, 0.5) is 14.5 Å². The molecule has 0 radical (unpaired) electrons. The van der Waals surface area contributed by atoms with Crippen molar-refractivity contribution in [1.82, 2.24) is 10.2 Å². The maximum absolute atomic E-state index is 14.7. The van der Waals surface area contributed by atoms with E-state index in [0.717, 1.165) is 6.07 Å². The van der Waals surface area contributed by atoms with Crippen LogP contribution in [0.3, 0.4) is 0 Å². The van der Waals surface area contributed by atoms with E-state index in [1.54, 1.807) is 12.1 Å². The molecule has 0 fully saturated rings. The molecule has 3 rings (SSSR count). The molecular weight excluding hydrogens is 427 g/mol. The lowest BCUT2D eigenvalue weighted by molar-refractivity contribution is 0.580. The standard InChI is InChI=1S/C19H11Cl2F2N3OS/c20-13-2-4-15(21)18(9-13)28(27)11-24-17-6-5-16(22)14(19(17)23)3-1-12-7-8-25-26-10-12/h2,4-10,24H,11H2. The molecule has 0 aliphatic carbocycles. The molecule has 2 aromatic carbocycles. The van der Waals surface area contributed by atoms with Gasteiger partial charge in [-0.05, 0) is 36.4 Å². The second-order valence-electron chi connectivity index (χ2n) is 5.41. The summed E-state index contributed by atoms with van der Waals surface area (Å²) < 4.78 is 41.1. The van der Waals surface area contributed by atoms with Gasteiger partial charge >= 0.3 is 0 Å². The van der Waals surface area contributed by atoms with Gasteiger partial charge in [-0.15, -0.1) is 0 Å². The van der Waals surface area contributed by atoms with E-state index in [4.69, 9.17) is 23.2 Å². The first kappa shape index (κ1) is 20.2. The number of nitrogens with one attached hydrogen (secondary N) is 1. The number of hydrogen-bond acceptors (Lipinski definition) is 4. The summed E-state index contributed by atoms with van der Waals surface area (Å²) in [6, 6.07) is 8.42. The van der Waals surface area contributed by atoms with Crippen molar-refractivity contribution < 1.29 is 13.0 Å². The molecule has 0 aliphatic rings. The quantitative estimate of drug-likeness (QED) is 0.604. The van der Waals surface area contributed by atoms with Gasteiger partial charge in [-0.25, -0.2) is 8.78 Å². The van der Waals surface area contributed by atoms with E-state index >= 15 is 0 Å². The highest BCUT2D eigenvalue weighted by Gasteiger charge is 2.14. The van der Waals surface area contributed by atoms with Crippen LogP contribution in [0.2, 0.25) is 10.0 Å². The van der Waals surface area contributed by atoms with Crippen molar-refractivity contribution in [1.29, 1.82) is 0 Å². The largest absolute Gasteiger partial charge is 0.371 e. The third-order valence-corrected chi connectivity index (χ3v) is 5.45. The summed E-state index contributed by atoms with van der Waals surface area (Å²) in [6.45, 7) is 0. The molecule has 1 atom stereocenters. The van der Waals surface area contributed by atoms with E-state index in [1.165, 1.54) is 30.6 Å². The highest BCUT2D eigenvalue weighted by Crippen LogP contribution is 2.25. The minimum Gasteiger partial charge on any atom is -0.371 e. The fourth-order valence-corrected chi connectivity index (χ4v) is 3.77. The van der Waals surface area contributed by atoms with Gasteiger partial charge in [-0.3, -0.25) is 4.21 Å². The Morgan fingerprint density at radius 1 is 1.07 bits per heavy atom. The van der Waals surface area contributed by atoms with Crippen molar-refractivity contribution in [3.8, 4) is 11.8 Å². The molecule has 3 aromatic rings. The van der Waals surface area contributed by atoms with Gasteiger partial charge in [0.25, 0.3) is 0 Å². The van der Waals surface area contributed by atoms with Gasteiger partial charge in [-0.1, -0.05) is 35.0 Å². The molecule has 1 aromatic heterocycles. The first-order valence-corrected chi connectivity index (χ1v) is 9.87. The van der Waals surface area contributed by atoms with Crippen LogP contribution in [0.1, 0.15) is 11.1 Å². The number of rotatable bonds is 4. The molecule has 1 heterocycles. The third-order valence-electron chi connectivity index (χ3n) is 3.54. The summed E-state index contributed by atoms with van der Waals surface area (Å²) in [4.78, 5) is 0.314. The van der Waals surface area contributed by atoms with Gasteiger partial charge in [0.1, 0.15) is 5.82 Å². The molecule has 1 N–H and O–H groups in total. The first-order chi connectivity index (χ1) is 13.5. The molecule has 4 nitrogen and oxygen atoms in total. The second-order valence-corrected chi connectivity index (χ2v) is 7.67. The van der Waals surface area contributed by atoms with Gasteiger partial charge < -0.3 is 5.32 Å². The average molecular weight is 438 g/mol. The van der Waals surface area contributed by atoms with E-state index in [9.17, 15) is 13.0 Å². The maximum atomic E-state index is 14.7. The number of hydrogen-bond donors (Lipinski definition) is 1. The molecule has 1 unspecified atom stereocenters. The van der Waals surface area contributed by atoms with Gasteiger partial charge in [0.2, 0.25) is 0 Å². The normalized spacial score (nSPS) is 11.4. The molecule has 28 heavy (non-hydrogen) atoms. The Labute approximate surface area is 172 Å². The molecule has 0 spiro atoms. The number of nitrogens with zero attached hydrogens (tertiary/aromatic N) is 2. The Balaban J connectivity index is 1.81. The fraction of sp³-hybridized carbons (Fsp3) is 0.0526. The SMILES string of the molecule is O=S(CNc1ccc(F)c(C#Cc2ccnnc2)c1F)c1cc(Cl)ccc1Cl. The van der Waals surface area contributed by atoms with E-state index < -0.39 is 28.0 Å². The molecule has 0 saturated carbocycles. The lowest BCUT2D eigenvalue weighted by Crippen LogP contribution is -2.11. The monoisotopic (exact) mass is 437 g/mol. The van der Waals surface area contributed by atoms with E-state index in [-0.39, 0.29) is 16.6 Å². The summed E-state index contributed by atoms with van der Waals surface area (Å²) in [6.07, 6.45) is 2.80. The zero-order chi connectivity index (χ0) is 20.1. The predicted octanol–water partition coefficient (Wildman–Crippen LogP) is 4.64. The van der Waals surface area contributed by atoms with Crippen LogP contribution in [0.25, 0.3) is 0 Å². The number of anilines is 1. The molecule has 0 amide bonds. The molecule has 142 valence electrons. The Morgan fingerprint density at radius 2 is 1.89 bits per heavy atom. The number of benzene rings is 2. The van der Waals surface area contributed by atoms with Crippen molar-refractivity contribution in [2.75, 3.05) is 11.2 Å². The Morgan fingerprint density at radius 3 is 2.64 bits per heavy atom.